The van der Waals surface area contributed by atoms with Crippen molar-refractivity contribution in [3.63, 3.8) is 0 Å². The van der Waals surface area contributed by atoms with Crippen LogP contribution in [0.2, 0.25) is 0 Å². The molecule has 0 fully saturated rings. The highest BCUT2D eigenvalue weighted by Gasteiger charge is 2.07. The number of amides is 2. The first-order chi connectivity index (χ1) is 11.2. The third kappa shape index (κ3) is 5.67. The predicted octanol–water partition coefficient (Wildman–Crippen LogP) is 2.39. The highest BCUT2D eigenvalue weighted by molar-refractivity contribution is 7.99. The molecule has 6 heteroatoms. The Kier molecular flexibility index (Phi) is 6.50. The molecule has 0 aliphatic rings. The van der Waals surface area contributed by atoms with Crippen molar-refractivity contribution in [1.82, 2.24) is 10.9 Å². The molecule has 2 N–H and O–H groups in total. The van der Waals surface area contributed by atoms with Crippen molar-refractivity contribution in [3.8, 4) is 5.75 Å². The number of carbonyl (C=O) groups excluding carboxylic acids is 2. The number of benzene rings is 2. The zero-order valence-corrected chi connectivity index (χ0v) is 13.6. The lowest BCUT2D eigenvalue weighted by atomic mass is 10.1. The highest BCUT2D eigenvalue weighted by atomic mass is 32.2. The Morgan fingerprint density at radius 1 is 1.00 bits per heavy atom. The van der Waals surface area contributed by atoms with Gasteiger partial charge in [0.25, 0.3) is 5.91 Å². The molecule has 0 atom stereocenters. The van der Waals surface area contributed by atoms with Gasteiger partial charge in [-0.1, -0.05) is 30.3 Å². The lowest BCUT2D eigenvalue weighted by Crippen LogP contribution is -2.42. The number of carbonyl (C=O) groups is 2. The quantitative estimate of drug-likeness (QED) is 0.798. The second-order valence-corrected chi connectivity index (χ2v) is 5.60. The summed E-state index contributed by atoms with van der Waals surface area (Å²) < 4.78 is 5.64. The van der Waals surface area contributed by atoms with E-state index in [1.807, 2.05) is 48.7 Å². The summed E-state index contributed by atoms with van der Waals surface area (Å²) in [6, 6.07) is 16.6. The summed E-state index contributed by atoms with van der Waals surface area (Å²) in [6.45, 7) is 0.427. The molecule has 0 aliphatic carbocycles. The average Bonchev–Trinajstić information content (AvgIpc) is 2.59. The Hall–Kier alpha value is -2.47. The monoisotopic (exact) mass is 330 g/mol. The number of hydrogen-bond acceptors (Lipinski definition) is 4. The van der Waals surface area contributed by atoms with E-state index < -0.39 is 0 Å². The molecule has 0 heterocycles. The van der Waals surface area contributed by atoms with Crippen LogP contribution in [-0.4, -0.2) is 23.8 Å². The molecular weight excluding hydrogens is 312 g/mol. The molecular formula is C17H18N2O3S. The van der Waals surface area contributed by atoms with E-state index in [2.05, 4.69) is 10.9 Å². The number of hydrogen-bond donors (Lipinski definition) is 2. The minimum atomic E-state index is -0.352. The van der Waals surface area contributed by atoms with Crippen molar-refractivity contribution in [2.24, 2.45) is 0 Å². The van der Waals surface area contributed by atoms with Gasteiger partial charge in [0.2, 0.25) is 5.91 Å². The van der Waals surface area contributed by atoms with Crippen molar-refractivity contribution in [2.45, 2.75) is 6.61 Å². The second-order valence-electron chi connectivity index (χ2n) is 4.73. The van der Waals surface area contributed by atoms with E-state index in [0.29, 0.717) is 17.9 Å². The number of hydrazine groups is 1. The molecule has 0 spiro atoms. The van der Waals surface area contributed by atoms with E-state index in [-0.39, 0.29) is 11.8 Å². The number of rotatable bonds is 6. The standard InChI is InChI=1S/C17H18N2O3S/c1-23-12-16(20)18-19-17(21)14-9-7-13(8-10-14)11-22-15-5-3-2-4-6-15/h2-10H,11-12H2,1H3,(H,18,20)(H,19,21). The molecule has 0 radical (unpaired) electrons. The van der Waals surface area contributed by atoms with E-state index in [1.165, 1.54) is 11.8 Å². The lowest BCUT2D eigenvalue weighted by Gasteiger charge is -2.08. The van der Waals surface area contributed by atoms with E-state index in [9.17, 15) is 9.59 Å². The first-order valence-electron chi connectivity index (χ1n) is 7.04. The first-order valence-corrected chi connectivity index (χ1v) is 8.43. The van der Waals surface area contributed by atoms with Gasteiger partial charge in [-0.3, -0.25) is 20.4 Å². The molecule has 120 valence electrons. The number of nitrogens with one attached hydrogen (secondary N) is 2. The largest absolute Gasteiger partial charge is 0.489 e. The zero-order valence-electron chi connectivity index (χ0n) is 12.7. The molecule has 2 aromatic rings. The van der Waals surface area contributed by atoms with Crippen LogP contribution >= 0.6 is 11.8 Å². The molecule has 0 saturated heterocycles. The van der Waals surface area contributed by atoms with Crippen LogP contribution in [0.5, 0.6) is 5.75 Å². The van der Waals surface area contributed by atoms with Crippen LogP contribution in [0.25, 0.3) is 0 Å². The topological polar surface area (TPSA) is 67.4 Å². The van der Waals surface area contributed by atoms with Gasteiger partial charge in [0, 0.05) is 5.56 Å². The van der Waals surface area contributed by atoms with Gasteiger partial charge in [-0.05, 0) is 36.1 Å². The van der Waals surface area contributed by atoms with Gasteiger partial charge in [0.15, 0.2) is 0 Å². The van der Waals surface area contributed by atoms with Gasteiger partial charge in [-0.15, -0.1) is 0 Å². The smallest absolute Gasteiger partial charge is 0.269 e. The van der Waals surface area contributed by atoms with Crippen molar-refractivity contribution in [1.29, 1.82) is 0 Å². The highest BCUT2D eigenvalue weighted by Crippen LogP contribution is 2.12. The summed E-state index contributed by atoms with van der Waals surface area (Å²) in [4.78, 5) is 23.2. The Morgan fingerprint density at radius 3 is 2.35 bits per heavy atom. The Morgan fingerprint density at radius 2 is 1.70 bits per heavy atom. The summed E-state index contributed by atoms with van der Waals surface area (Å²) in [7, 11) is 0. The van der Waals surface area contributed by atoms with Crippen LogP contribution in [-0.2, 0) is 11.4 Å². The van der Waals surface area contributed by atoms with E-state index in [0.717, 1.165) is 11.3 Å². The van der Waals surface area contributed by atoms with E-state index in [4.69, 9.17) is 4.74 Å². The maximum Gasteiger partial charge on any atom is 0.269 e. The SMILES string of the molecule is CSCC(=O)NNC(=O)c1ccc(COc2ccccc2)cc1. The maximum absolute atomic E-state index is 11.9. The lowest BCUT2D eigenvalue weighted by molar-refractivity contribution is -0.119. The zero-order chi connectivity index (χ0) is 16.5. The van der Waals surface area contributed by atoms with E-state index >= 15 is 0 Å². The molecule has 0 saturated carbocycles. The van der Waals surface area contributed by atoms with E-state index in [1.54, 1.807) is 12.1 Å². The predicted molar refractivity (Wildman–Crippen MR) is 91.2 cm³/mol. The number of para-hydroxylation sites is 1. The summed E-state index contributed by atoms with van der Waals surface area (Å²) in [6.07, 6.45) is 1.82. The van der Waals surface area contributed by atoms with Crippen LogP contribution in [0.4, 0.5) is 0 Å². The fraction of sp³-hybridized carbons (Fsp3) is 0.176. The molecule has 0 aromatic heterocycles. The minimum absolute atomic E-state index is 0.237. The molecule has 0 aliphatic heterocycles. The molecule has 23 heavy (non-hydrogen) atoms. The maximum atomic E-state index is 11.9. The van der Waals surface area contributed by atoms with Crippen LogP contribution in [0, 0.1) is 0 Å². The van der Waals surface area contributed by atoms with Gasteiger partial charge in [0.1, 0.15) is 12.4 Å². The van der Waals surface area contributed by atoms with Crippen LogP contribution in [0.1, 0.15) is 15.9 Å². The van der Waals surface area contributed by atoms with Gasteiger partial charge in [-0.25, -0.2) is 0 Å². The average molecular weight is 330 g/mol. The second kappa shape index (κ2) is 8.85. The summed E-state index contributed by atoms with van der Waals surface area (Å²) in [5.74, 6) is 0.510. The van der Waals surface area contributed by atoms with Crippen molar-refractivity contribution in [2.75, 3.05) is 12.0 Å². The molecule has 0 bridgehead atoms. The van der Waals surface area contributed by atoms with Gasteiger partial charge in [-0.2, -0.15) is 11.8 Å². The molecule has 0 unspecified atom stereocenters. The Balaban J connectivity index is 1.84. The minimum Gasteiger partial charge on any atom is -0.489 e. The molecule has 2 amide bonds. The van der Waals surface area contributed by atoms with Gasteiger partial charge >= 0.3 is 0 Å². The van der Waals surface area contributed by atoms with Crippen LogP contribution in [0.15, 0.2) is 54.6 Å². The summed E-state index contributed by atoms with van der Waals surface area (Å²) in [5, 5.41) is 0. The third-order valence-corrected chi connectivity index (χ3v) is 3.51. The molecule has 2 aromatic carbocycles. The van der Waals surface area contributed by atoms with Crippen LogP contribution < -0.4 is 15.6 Å². The molecule has 5 nitrogen and oxygen atoms in total. The van der Waals surface area contributed by atoms with Gasteiger partial charge < -0.3 is 4.74 Å². The number of thioether (sulfide) groups is 1. The number of ether oxygens (including phenoxy) is 1. The van der Waals surface area contributed by atoms with Crippen molar-refractivity contribution >= 4 is 23.6 Å². The normalized spacial score (nSPS) is 9.96. The van der Waals surface area contributed by atoms with Gasteiger partial charge in [0.05, 0.1) is 5.75 Å². The van der Waals surface area contributed by atoms with Crippen LogP contribution in [0.3, 0.4) is 0 Å². The fourth-order valence-electron chi connectivity index (χ4n) is 1.80. The third-order valence-electron chi connectivity index (χ3n) is 2.96. The summed E-state index contributed by atoms with van der Waals surface area (Å²) in [5.41, 5.74) is 6.16. The van der Waals surface area contributed by atoms with Crippen molar-refractivity contribution in [3.05, 3.63) is 65.7 Å². The fourth-order valence-corrected chi connectivity index (χ4v) is 2.14. The Labute approximate surface area is 139 Å². The Bertz CT molecular complexity index is 645. The first kappa shape index (κ1) is 16.9. The molecule has 2 rings (SSSR count). The summed E-state index contributed by atoms with van der Waals surface area (Å²) >= 11 is 1.39. The van der Waals surface area contributed by atoms with Crippen molar-refractivity contribution < 1.29 is 14.3 Å².